The van der Waals surface area contributed by atoms with E-state index in [1.54, 1.807) is 16.7 Å². The molecule has 0 bridgehead atoms. The van der Waals surface area contributed by atoms with E-state index in [0.29, 0.717) is 32.5 Å². The van der Waals surface area contributed by atoms with Crippen LogP contribution in [0.2, 0.25) is 0 Å². The summed E-state index contributed by atoms with van der Waals surface area (Å²) in [6.07, 6.45) is 2.21. The molecule has 1 atom stereocenters. The molecule has 3 heterocycles. The van der Waals surface area contributed by atoms with E-state index >= 15 is 0 Å². The van der Waals surface area contributed by atoms with Crippen molar-refractivity contribution in [2.24, 2.45) is 5.92 Å². The van der Waals surface area contributed by atoms with Crippen molar-refractivity contribution in [3.05, 3.63) is 56.7 Å². The Balaban J connectivity index is 1.90. The van der Waals surface area contributed by atoms with Crippen LogP contribution in [0, 0.1) is 17.2 Å². The maximum atomic E-state index is 13.4. The van der Waals surface area contributed by atoms with Gasteiger partial charge in [-0.1, -0.05) is 25.1 Å². The number of hydrogen-bond donors (Lipinski definition) is 0. The minimum atomic E-state index is -0.159. The highest BCUT2D eigenvalue weighted by atomic mass is 32.1. The fourth-order valence-electron chi connectivity index (χ4n) is 3.87. The zero-order valence-corrected chi connectivity index (χ0v) is 17.3. The van der Waals surface area contributed by atoms with E-state index in [-0.39, 0.29) is 17.9 Å². The fourth-order valence-corrected chi connectivity index (χ4v) is 4.81. The molecule has 29 heavy (non-hydrogen) atoms. The van der Waals surface area contributed by atoms with Crippen LogP contribution in [0.15, 0.2) is 35.1 Å². The van der Waals surface area contributed by atoms with Gasteiger partial charge < -0.3 is 4.90 Å². The molecule has 0 spiro atoms. The first-order chi connectivity index (χ1) is 14.0. The number of carbonyl (C=O) groups excluding carboxylic acids is 1. The molecule has 4 rings (SSSR count). The van der Waals surface area contributed by atoms with Crippen molar-refractivity contribution in [3.8, 4) is 6.07 Å². The third-order valence-electron chi connectivity index (χ3n) is 5.37. The van der Waals surface area contributed by atoms with E-state index in [1.165, 1.54) is 18.3 Å². The van der Waals surface area contributed by atoms with Crippen molar-refractivity contribution in [1.82, 2.24) is 9.55 Å². The summed E-state index contributed by atoms with van der Waals surface area (Å²) < 4.78 is 2.15. The zero-order chi connectivity index (χ0) is 20.5. The summed E-state index contributed by atoms with van der Waals surface area (Å²) in [5.41, 5.74) is 1.75. The summed E-state index contributed by atoms with van der Waals surface area (Å²) in [6.45, 7) is 5.66. The highest BCUT2D eigenvalue weighted by Gasteiger charge is 2.24. The van der Waals surface area contributed by atoms with Crippen molar-refractivity contribution in [1.29, 1.82) is 5.26 Å². The third kappa shape index (κ3) is 3.68. The first-order valence-electron chi connectivity index (χ1n) is 9.76. The van der Waals surface area contributed by atoms with E-state index in [1.807, 2.05) is 18.2 Å². The molecule has 0 unspecified atom stereocenters. The van der Waals surface area contributed by atoms with E-state index < -0.39 is 0 Å². The van der Waals surface area contributed by atoms with Crippen LogP contribution in [0.25, 0.3) is 10.2 Å². The number of carbonyl (C=O) groups is 1. The zero-order valence-electron chi connectivity index (χ0n) is 16.5. The van der Waals surface area contributed by atoms with Crippen molar-refractivity contribution >= 4 is 33.3 Å². The van der Waals surface area contributed by atoms with Gasteiger partial charge in [-0.2, -0.15) is 5.26 Å². The topological polar surface area (TPSA) is 79.0 Å². The molecule has 7 heteroatoms. The summed E-state index contributed by atoms with van der Waals surface area (Å²) in [5.74, 6) is 1.07. The lowest BCUT2D eigenvalue weighted by Gasteiger charge is -2.33. The van der Waals surface area contributed by atoms with Crippen LogP contribution in [-0.2, 0) is 6.54 Å². The maximum Gasteiger partial charge on any atom is 0.273 e. The van der Waals surface area contributed by atoms with Gasteiger partial charge >= 0.3 is 0 Å². The van der Waals surface area contributed by atoms with Crippen molar-refractivity contribution in [2.45, 2.75) is 33.2 Å². The van der Waals surface area contributed by atoms with Gasteiger partial charge in [0.25, 0.3) is 5.56 Å². The first-order valence-corrected chi connectivity index (χ1v) is 10.6. The SMILES string of the molecule is CC(=O)c1cc2nc(N3CCC[C@@H](C)C3)n(Cc3ccccc3C#N)c(=O)c2s1. The van der Waals surface area contributed by atoms with Gasteiger partial charge in [0.2, 0.25) is 5.95 Å². The molecule has 1 aliphatic rings. The van der Waals surface area contributed by atoms with Crippen LogP contribution in [0.3, 0.4) is 0 Å². The molecule has 0 saturated carbocycles. The van der Waals surface area contributed by atoms with Gasteiger partial charge in [0, 0.05) is 13.1 Å². The van der Waals surface area contributed by atoms with Gasteiger partial charge in [-0.15, -0.1) is 11.3 Å². The number of thiophene rings is 1. The first kappa shape index (κ1) is 19.3. The van der Waals surface area contributed by atoms with Gasteiger partial charge in [0.15, 0.2) is 5.78 Å². The molecule has 1 aliphatic heterocycles. The van der Waals surface area contributed by atoms with Crippen LogP contribution in [0.5, 0.6) is 0 Å². The molecule has 3 aromatic rings. The monoisotopic (exact) mass is 406 g/mol. The highest BCUT2D eigenvalue weighted by Crippen LogP contribution is 2.27. The lowest BCUT2D eigenvalue weighted by molar-refractivity contribution is 0.102. The Bertz CT molecular complexity index is 1190. The van der Waals surface area contributed by atoms with E-state index in [4.69, 9.17) is 4.98 Å². The fraction of sp³-hybridized carbons (Fsp3) is 0.364. The number of nitriles is 1. The number of aromatic nitrogens is 2. The maximum absolute atomic E-state index is 13.4. The minimum Gasteiger partial charge on any atom is -0.342 e. The Morgan fingerprint density at radius 1 is 1.38 bits per heavy atom. The van der Waals surface area contributed by atoms with Gasteiger partial charge in [0.05, 0.1) is 28.6 Å². The van der Waals surface area contributed by atoms with Crippen LogP contribution < -0.4 is 10.5 Å². The van der Waals surface area contributed by atoms with Gasteiger partial charge in [-0.05, 0) is 43.4 Å². The summed E-state index contributed by atoms with van der Waals surface area (Å²) in [7, 11) is 0. The number of Topliss-reactive ketones (excluding diaryl/α,β-unsaturated/α-hetero) is 1. The normalized spacial score (nSPS) is 16.7. The van der Waals surface area contributed by atoms with Crippen molar-refractivity contribution in [3.63, 3.8) is 0 Å². The second-order valence-electron chi connectivity index (χ2n) is 7.65. The minimum absolute atomic E-state index is 0.0677. The Labute approximate surface area is 173 Å². The molecule has 148 valence electrons. The Morgan fingerprint density at radius 2 is 2.17 bits per heavy atom. The number of fused-ring (bicyclic) bond motifs is 1. The number of benzene rings is 1. The third-order valence-corrected chi connectivity index (χ3v) is 6.58. The molecule has 2 aromatic heterocycles. The summed E-state index contributed by atoms with van der Waals surface area (Å²) in [6, 6.07) is 11.2. The van der Waals surface area contributed by atoms with Crippen LogP contribution in [-0.4, -0.2) is 28.4 Å². The Hall–Kier alpha value is -2.98. The van der Waals surface area contributed by atoms with Crippen LogP contribution in [0.4, 0.5) is 5.95 Å². The summed E-state index contributed by atoms with van der Waals surface area (Å²) >= 11 is 1.19. The van der Waals surface area contributed by atoms with Crippen molar-refractivity contribution in [2.75, 3.05) is 18.0 Å². The molecule has 0 aliphatic carbocycles. The lowest BCUT2D eigenvalue weighted by atomic mass is 10.0. The summed E-state index contributed by atoms with van der Waals surface area (Å²) in [5, 5.41) is 9.46. The molecular weight excluding hydrogens is 384 g/mol. The van der Waals surface area contributed by atoms with E-state index in [0.717, 1.165) is 31.5 Å². The van der Waals surface area contributed by atoms with Gasteiger partial charge in [0.1, 0.15) is 4.70 Å². The smallest absolute Gasteiger partial charge is 0.273 e. The Kier molecular flexibility index (Phi) is 5.20. The molecule has 0 N–H and O–H groups in total. The summed E-state index contributed by atoms with van der Waals surface area (Å²) in [4.78, 5) is 32.8. The van der Waals surface area contributed by atoms with Crippen molar-refractivity contribution < 1.29 is 4.79 Å². The number of piperidine rings is 1. The van der Waals surface area contributed by atoms with Crippen LogP contribution >= 0.6 is 11.3 Å². The molecule has 6 nitrogen and oxygen atoms in total. The molecule has 0 amide bonds. The average molecular weight is 407 g/mol. The Morgan fingerprint density at radius 3 is 2.90 bits per heavy atom. The second-order valence-corrected chi connectivity index (χ2v) is 8.70. The number of hydrogen-bond acceptors (Lipinski definition) is 6. The van der Waals surface area contributed by atoms with Crippen LogP contribution in [0.1, 0.15) is 47.5 Å². The predicted molar refractivity (Wildman–Crippen MR) is 115 cm³/mol. The van der Waals surface area contributed by atoms with E-state index in [9.17, 15) is 14.9 Å². The molecule has 1 saturated heterocycles. The largest absolute Gasteiger partial charge is 0.342 e. The standard InChI is InChI=1S/C22H22N4O2S/c1-14-6-5-9-25(12-14)22-24-18-10-19(15(2)27)29-20(18)21(28)26(22)13-17-8-4-3-7-16(17)11-23/h3-4,7-8,10,14H,5-6,9,12-13H2,1-2H3/t14-/m1/s1. The van der Waals surface area contributed by atoms with E-state index in [2.05, 4.69) is 17.9 Å². The number of rotatable bonds is 4. The molecule has 1 aromatic carbocycles. The molecule has 1 fully saturated rings. The quantitative estimate of drug-likeness (QED) is 0.616. The molecule has 0 radical (unpaired) electrons. The number of anilines is 1. The lowest BCUT2D eigenvalue weighted by Crippen LogP contribution is -2.39. The number of nitrogens with zero attached hydrogens (tertiary/aromatic N) is 4. The highest BCUT2D eigenvalue weighted by molar-refractivity contribution is 7.20. The second kappa shape index (κ2) is 7.80. The molecular formula is C22H22N4O2S. The van der Waals surface area contributed by atoms with Gasteiger partial charge in [-0.25, -0.2) is 4.98 Å². The average Bonchev–Trinajstić information content (AvgIpc) is 3.15. The predicted octanol–water partition coefficient (Wildman–Crippen LogP) is 3.82. The number of ketones is 1. The van der Waals surface area contributed by atoms with Gasteiger partial charge in [-0.3, -0.25) is 14.2 Å².